The summed E-state index contributed by atoms with van der Waals surface area (Å²) < 4.78 is 4.15. The fraction of sp³-hybridized carbons (Fsp3) is 0.158. The van der Waals surface area contributed by atoms with Gasteiger partial charge in [-0.25, -0.2) is 0 Å². The van der Waals surface area contributed by atoms with Crippen LogP contribution >= 0.6 is 11.6 Å². The summed E-state index contributed by atoms with van der Waals surface area (Å²) in [4.78, 5) is 23.1. The number of carbonyl (C=O) groups is 2. The number of rotatable bonds is 3. The molecule has 0 aromatic heterocycles. The van der Waals surface area contributed by atoms with Crippen LogP contribution in [-0.4, -0.2) is 26.0 Å². The van der Waals surface area contributed by atoms with Gasteiger partial charge >= 0.3 is 0 Å². The number of amides is 1. The minimum atomic E-state index is 0.00104. The molecule has 4 nitrogen and oxygen atoms in total. The minimum Gasteiger partial charge on any atom is -0.468 e. The number of hydrogen-bond donors (Lipinski definition) is 0. The Balaban J connectivity index is 0.000000368. The summed E-state index contributed by atoms with van der Waals surface area (Å²) in [6.45, 7) is 2.66. The Hall–Kier alpha value is -2.59. The highest BCUT2D eigenvalue weighted by molar-refractivity contribution is 6.37. The fourth-order valence-electron chi connectivity index (χ4n) is 2.34. The Morgan fingerprint density at radius 2 is 1.88 bits per heavy atom. The van der Waals surface area contributed by atoms with Gasteiger partial charge in [-0.3, -0.25) is 9.59 Å². The molecule has 0 atom stereocenters. The van der Waals surface area contributed by atoms with E-state index in [9.17, 15) is 9.59 Å². The number of halogens is 1. The van der Waals surface area contributed by atoms with Crippen molar-refractivity contribution in [3.05, 3.63) is 64.7 Å². The van der Waals surface area contributed by atoms with Crippen molar-refractivity contribution < 1.29 is 14.3 Å². The summed E-state index contributed by atoms with van der Waals surface area (Å²) in [5.74, 6) is 0.00104. The van der Waals surface area contributed by atoms with Gasteiger partial charge in [0, 0.05) is 23.2 Å². The van der Waals surface area contributed by atoms with Gasteiger partial charge in [-0.1, -0.05) is 48.0 Å². The van der Waals surface area contributed by atoms with Crippen LogP contribution in [0.2, 0.25) is 5.02 Å². The molecule has 0 saturated heterocycles. The van der Waals surface area contributed by atoms with E-state index < -0.39 is 0 Å². The highest BCUT2D eigenvalue weighted by Gasteiger charge is 2.29. The van der Waals surface area contributed by atoms with Crippen LogP contribution in [0, 0.1) is 0 Å². The molecule has 5 heteroatoms. The lowest BCUT2D eigenvalue weighted by molar-refractivity contribution is -0.128. The van der Waals surface area contributed by atoms with Gasteiger partial charge in [0.1, 0.15) is 0 Å². The van der Waals surface area contributed by atoms with Gasteiger partial charge in [-0.15, -0.1) is 0 Å². The largest absolute Gasteiger partial charge is 0.468 e. The molecular formula is C19H18ClNO3. The van der Waals surface area contributed by atoms with Crippen molar-refractivity contribution in [3.63, 3.8) is 0 Å². The quantitative estimate of drug-likeness (QED) is 0.624. The number of nitrogens with zero attached hydrogens (tertiary/aromatic N) is 1. The van der Waals surface area contributed by atoms with Crippen LogP contribution in [0.5, 0.6) is 0 Å². The average molecular weight is 344 g/mol. The number of hydrogen-bond acceptors (Lipinski definition) is 3. The summed E-state index contributed by atoms with van der Waals surface area (Å²) in [5, 5.41) is 0.638. The summed E-state index contributed by atoms with van der Waals surface area (Å²) in [6, 6.07) is 15.4. The van der Waals surface area contributed by atoms with E-state index in [1.165, 1.54) is 0 Å². The smallest absolute Gasteiger partial charge is 0.293 e. The van der Waals surface area contributed by atoms with Crippen LogP contribution in [0.25, 0.3) is 11.6 Å². The Bertz CT molecular complexity index is 756. The van der Waals surface area contributed by atoms with Crippen molar-refractivity contribution in [1.82, 2.24) is 0 Å². The Morgan fingerprint density at radius 1 is 1.17 bits per heavy atom. The molecule has 0 unspecified atom stereocenters. The fourth-order valence-corrected chi connectivity index (χ4v) is 2.51. The van der Waals surface area contributed by atoms with Crippen LogP contribution in [0.15, 0.2) is 48.5 Å². The maximum atomic E-state index is 12.3. The van der Waals surface area contributed by atoms with Crippen molar-refractivity contribution in [3.8, 4) is 0 Å². The van der Waals surface area contributed by atoms with Gasteiger partial charge < -0.3 is 9.64 Å². The molecule has 0 bridgehead atoms. The molecule has 3 rings (SSSR count). The van der Waals surface area contributed by atoms with E-state index in [0.29, 0.717) is 23.7 Å². The number of carbonyl (C=O) groups excluding carboxylic acids is 2. The average Bonchev–Trinajstić information content (AvgIpc) is 2.82. The first-order valence-corrected chi connectivity index (χ1v) is 7.86. The summed E-state index contributed by atoms with van der Waals surface area (Å²) >= 11 is 5.99. The third-order valence-electron chi connectivity index (χ3n) is 3.49. The molecule has 2 aromatic rings. The number of benzene rings is 2. The van der Waals surface area contributed by atoms with Gasteiger partial charge in [0.2, 0.25) is 0 Å². The molecule has 0 fully saturated rings. The monoisotopic (exact) mass is 343 g/mol. The van der Waals surface area contributed by atoms with Crippen molar-refractivity contribution in [2.75, 3.05) is 18.6 Å². The van der Waals surface area contributed by atoms with E-state index in [1.54, 1.807) is 18.9 Å². The van der Waals surface area contributed by atoms with Crippen LogP contribution in [0.1, 0.15) is 18.1 Å². The molecule has 0 N–H and O–H groups in total. The summed E-state index contributed by atoms with van der Waals surface area (Å²) in [5.41, 5.74) is 3.52. The first kappa shape index (κ1) is 17.8. The first-order chi connectivity index (χ1) is 11.6. The Kier molecular flexibility index (Phi) is 6.15. The van der Waals surface area contributed by atoms with E-state index >= 15 is 0 Å². The summed E-state index contributed by atoms with van der Waals surface area (Å²) in [6.07, 6.45) is 1.92. The summed E-state index contributed by atoms with van der Waals surface area (Å²) in [7, 11) is 1.77. The SMILES string of the molecule is CCOC=O.CN1C(=O)/C(=C/c2ccccc2)c2ccc(Cl)cc21. The zero-order chi connectivity index (χ0) is 17.5. The Labute approximate surface area is 146 Å². The van der Waals surface area contributed by atoms with Crippen LogP contribution in [0.4, 0.5) is 5.69 Å². The number of ether oxygens (including phenoxy) is 1. The van der Waals surface area contributed by atoms with E-state index in [-0.39, 0.29) is 5.91 Å². The molecule has 24 heavy (non-hydrogen) atoms. The highest BCUT2D eigenvalue weighted by Crippen LogP contribution is 2.38. The van der Waals surface area contributed by atoms with E-state index in [0.717, 1.165) is 16.8 Å². The highest BCUT2D eigenvalue weighted by atomic mass is 35.5. The lowest BCUT2D eigenvalue weighted by atomic mass is 10.0. The zero-order valence-electron chi connectivity index (χ0n) is 13.5. The molecule has 1 aliphatic rings. The second-order valence-corrected chi connectivity index (χ2v) is 5.48. The third kappa shape index (κ3) is 4.03. The van der Waals surface area contributed by atoms with Gasteiger partial charge in [-0.05, 0) is 30.7 Å². The molecule has 1 heterocycles. The van der Waals surface area contributed by atoms with Crippen molar-refractivity contribution >= 4 is 41.3 Å². The number of anilines is 1. The Morgan fingerprint density at radius 3 is 2.46 bits per heavy atom. The van der Waals surface area contributed by atoms with Crippen molar-refractivity contribution in [2.45, 2.75) is 6.92 Å². The molecular weight excluding hydrogens is 326 g/mol. The zero-order valence-corrected chi connectivity index (χ0v) is 14.3. The third-order valence-corrected chi connectivity index (χ3v) is 3.73. The standard InChI is InChI=1S/C16H12ClNO.C3H6O2/c1-18-15-10-12(17)7-8-13(15)14(16(18)19)9-11-5-3-2-4-6-11;1-2-5-3-4/h2-10H,1H3;3H,2H2,1H3/b14-9+;. The molecule has 2 aromatic carbocycles. The minimum absolute atomic E-state index is 0.00104. The topological polar surface area (TPSA) is 46.6 Å². The normalized spacial score (nSPS) is 14.0. The van der Waals surface area contributed by atoms with Gasteiger partial charge in [0.05, 0.1) is 12.3 Å². The molecule has 0 saturated carbocycles. The lowest BCUT2D eigenvalue weighted by Crippen LogP contribution is -2.20. The van der Waals surface area contributed by atoms with Crippen LogP contribution < -0.4 is 4.90 Å². The number of likely N-dealkylation sites (N-methyl/N-ethyl adjacent to an activating group) is 1. The molecule has 124 valence electrons. The first-order valence-electron chi connectivity index (χ1n) is 7.48. The van der Waals surface area contributed by atoms with E-state index in [2.05, 4.69) is 4.74 Å². The predicted molar refractivity (Wildman–Crippen MR) is 96.9 cm³/mol. The van der Waals surface area contributed by atoms with E-state index in [1.807, 2.05) is 54.6 Å². The lowest BCUT2D eigenvalue weighted by Gasteiger charge is -2.08. The second kappa shape index (κ2) is 8.31. The molecule has 0 aliphatic carbocycles. The van der Waals surface area contributed by atoms with Crippen molar-refractivity contribution in [1.29, 1.82) is 0 Å². The second-order valence-electron chi connectivity index (χ2n) is 5.05. The van der Waals surface area contributed by atoms with Crippen LogP contribution in [-0.2, 0) is 14.3 Å². The molecule has 0 spiro atoms. The number of fused-ring (bicyclic) bond motifs is 1. The molecule has 1 aliphatic heterocycles. The molecule has 0 radical (unpaired) electrons. The van der Waals surface area contributed by atoms with Crippen molar-refractivity contribution in [2.24, 2.45) is 0 Å². The maximum Gasteiger partial charge on any atom is 0.293 e. The van der Waals surface area contributed by atoms with Gasteiger partial charge in [0.15, 0.2) is 0 Å². The van der Waals surface area contributed by atoms with E-state index in [4.69, 9.17) is 11.6 Å². The molecule has 1 amide bonds. The maximum absolute atomic E-state index is 12.3. The van der Waals surface area contributed by atoms with Gasteiger partial charge in [-0.2, -0.15) is 0 Å². The van der Waals surface area contributed by atoms with Crippen LogP contribution in [0.3, 0.4) is 0 Å². The van der Waals surface area contributed by atoms with Gasteiger partial charge in [0.25, 0.3) is 12.4 Å². The predicted octanol–water partition coefficient (Wildman–Crippen LogP) is 4.04.